The van der Waals surface area contributed by atoms with E-state index in [1.165, 1.54) is 0 Å². The summed E-state index contributed by atoms with van der Waals surface area (Å²) in [6, 6.07) is 0.558. The summed E-state index contributed by atoms with van der Waals surface area (Å²) in [7, 11) is 0. The summed E-state index contributed by atoms with van der Waals surface area (Å²) < 4.78 is 7.43. The van der Waals surface area contributed by atoms with Crippen LogP contribution in [-0.4, -0.2) is 46.2 Å². The van der Waals surface area contributed by atoms with E-state index in [1.54, 1.807) is 6.33 Å². The van der Waals surface area contributed by atoms with Crippen molar-refractivity contribution in [2.45, 2.75) is 32.0 Å². The van der Waals surface area contributed by atoms with Crippen LogP contribution in [0.4, 0.5) is 0 Å². The fraction of sp³-hybridized carbons (Fsp3) is 0.667. The van der Waals surface area contributed by atoms with Crippen LogP contribution in [0.5, 0.6) is 0 Å². The fourth-order valence-electron chi connectivity index (χ4n) is 2.84. The number of nitrogens with zero attached hydrogens (tertiary/aromatic N) is 3. The van der Waals surface area contributed by atoms with Gasteiger partial charge in [0.25, 0.3) is 5.91 Å². The number of carbonyl (C=O) groups is 1. The molecule has 6 nitrogen and oxygen atoms in total. The summed E-state index contributed by atoms with van der Waals surface area (Å²) in [6.07, 6.45) is 3.86. The minimum absolute atomic E-state index is 0.423. The second kappa shape index (κ2) is 4.70. The van der Waals surface area contributed by atoms with E-state index in [2.05, 4.69) is 9.88 Å². The summed E-state index contributed by atoms with van der Waals surface area (Å²) in [5.41, 5.74) is 6.73. The molecule has 0 unspecified atom stereocenters. The SMILES string of the molecule is NC(=O)c1ncn2c1CN(C1CCOCC1)CC2. The molecule has 1 amide bonds. The number of hydrogen-bond donors (Lipinski definition) is 1. The second-order valence-electron chi connectivity index (χ2n) is 4.91. The molecule has 2 aliphatic heterocycles. The van der Waals surface area contributed by atoms with Crippen molar-refractivity contribution in [2.24, 2.45) is 5.73 Å². The van der Waals surface area contributed by atoms with E-state index in [9.17, 15) is 4.79 Å². The zero-order valence-corrected chi connectivity index (χ0v) is 10.3. The van der Waals surface area contributed by atoms with Crippen LogP contribution in [0.25, 0.3) is 0 Å². The molecule has 0 saturated carbocycles. The molecule has 0 spiro atoms. The summed E-state index contributed by atoms with van der Waals surface area (Å²) in [5, 5.41) is 0. The van der Waals surface area contributed by atoms with Gasteiger partial charge in [0.15, 0.2) is 0 Å². The number of ether oxygens (including phenoxy) is 1. The van der Waals surface area contributed by atoms with Gasteiger partial charge in [-0.1, -0.05) is 0 Å². The normalized spacial score (nSPS) is 21.8. The number of rotatable bonds is 2. The average molecular weight is 250 g/mol. The van der Waals surface area contributed by atoms with Gasteiger partial charge in [-0.05, 0) is 12.8 Å². The summed E-state index contributed by atoms with van der Waals surface area (Å²) in [5.74, 6) is -0.433. The number of primary amides is 1. The quantitative estimate of drug-likeness (QED) is 0.800. The predicted octanol–water partition coefficient (Wildman–Crippen LogP) is -0.0234. The van der Waals surface area contributed by atoms with Crippen LogP contribution in [0.3, 0.4) is 0 Å². The van der Waals surface area contributed by atoms with E-state index in [0.29, 0.717) is 11.7 Å². The molecule has 3 heterocycles. The molecule has 0 aliphatic carbocycles. The highest BCUT2D eigenvalue weighted by atomic mass is 16.5. The first-order valence-corrected chi connectivity index (χ1v) is 6.41. The number of aromatic nitrogens is 2. The van der Waals surface area contributed by atoms with Crippen molar-refractivity contribution in [1.29, 1.82) is 0 Å². The van der Waals surface area contributed by atoms with Crippen LogP contribution in [0.1, 0.15) is 29.0 Å². The molecular weight excluding hydrogens is 232 g/mol. The minimum Gasteiger partial charge on any atom is -0.381 e. The van der Waals surface area contributed by atoms with Gasteiger partial charge in [-0.15, -0.1) is 0 Å². The molecule has 0 atom stereocenters. The summed E-state index contributed by atoms with van der Waals surface area (Å²) in [6.45, 7) is 4.33. The van der Waals surface area contributed by atoms with Crippen molar-refractivity contribution in [1.82, 2.24) is 14.5 Å². The van der Waals surface area contributed by atoms with Crippen LogP contribution >= 0.6 is 0 Å². The lowest BCUT2D eigenvalue weighted by atomic mass is 10.1. The van der Waals surface area contributed by atoms with Crippen LogP contribution in [0.15, 0.2) is 6.33 Å². The van der Waals surface area contributed by atoms with Crippen LogP contribution < -0.4 is 5.73 Å². The highest BCUT2D eigenvalue weighted by Gasteiger charge is 2.28. The third-order valence-corrected chi connectivity index (χ3v) is 3.87. The maximum Gasteiger partial charge on any atom is 0.269 e. The van der Waals surface area contributed by atoms with Crippen LogP contribution in [0, 0.1) is 0 Å². The van der Waals surface area contributed by atoms with Crippen molar-refractivity contribution in [3.63, 3.8) is 0 Å². The van der Waals surface area contributed by atoms with Gasteiger partial charge in [0.1, 0.15) is 5.69 Å². The molecule has 98 valence electrons. The highest BCUT2D eigenvalue weighted by Crippen LogP contribution is 2.22. The zero-order valence-electron chi connectivity index (χ0n) is 10.3. The number of imidazole rings is 1. The highest BCUT2D eigenvalue weighted by molar-refractivity contribution is 5.92. The first-order chi connectivity index (χ1) is 8.75. The van der Waals surface area contributed by atoms with E-state index in [1.807, 2.05) is 4.57 Å². The van der Waals surface area contributed by atoms with E-state index >= 15 is 0 Å². The van der Waals surface area contributed by atoms with E-state index in [4.69, 9.17) is 10.5 Å². The number of fused-ring (bicyclic) bond motifs is 1. The Morgan fingerprint density at radius 1 is 1.39 bits per heavy atom. The Bertz CT molecular complexity index is 451. The van der Waals surface area contributed by atoms with Gasteiger partial charge in [-0.2, -0.15) is 0 Å². The lowest BCUT2D eigenvalue weighted by Crippen LogP contribution is -2.44. The van der Waals surface area contributed by atoms with Crippen LogP contribution in [-0.2, 0) is 17.8 Å². The Kier molecular flexibility index (Phi) is 3.05. The number of nitrogens with two attached hydrogens (primary N) is 1. The molecule has 1 aromatic rings. The van der Waals surface area contributed by atoms with Gasteiger partial charge < -0.3 is 15.0 Å². The number of hydrogen-bond acceptors (Lipinski definition) is 4. The molecule has 1 saturated heterocycles. The fourth-order valence-corrected chi connectivity index (χ4v) is 2.84. The third kappa shape index (κ3) is 2.02. The van der Waals surface area contributed by atoms with Crippen molar-refractivity contribution in [3.8, 4) is 0 Å². The Morgan fingerprint density at radius 2 is 2.17 bits per heavy atom. The molecule has 2 N–H and O–H groups in total. The largest absolute Gasteiger partial charge is 0.381 e. The zero-order chi connectivity index (χ0) is 12.5. The number of amides is 1. The molecule has 18 heavy (non-hydrogen) atoms. The maximum atomic E-state index is 11.3. The molecule has 3 rings (SSSR count). The van der Waals surface area contributed by atoms with Crippen molar-refractivity contribution < 1.29 is 9.53 Å². The molecular formula is C12H18N4O2. The molecule has 0 radical (unpaired) electrons. The monoisotopic (exact) mass is 250 g/mol. The topological polar surface area (TPSA) is 73.4 Å². The smallest absolute Gasteiger partial charge is 0.269 e. The minimum atomic E-state index is -0.433. The van der Waals surface area contributed by atoms with Gasteiger partial charge in [-0.3, -0.25) is 9.69 Å². The first-order valence-electron chi connectivity index (χ1n) is 6.41. The van der Waals surface area contributed by atoms with Gasteiger partial charge in [0.2, 0.25) is 0 Å². The molecule has 1 aromatic heterocycles. The third-order valence-electron chi connectivity index (χ3n) is 3.87. The van der Waals surface area contributed by atoms with E-state index < -0.39 is 5.91 Å². The predicted molar refractivity (Wildman–Crippen MR) is 65.0 cm³/mol. The van der Waals surface area contributed by atoms with Gasteiger partial charge in [0.05, 0.1) is 12.0 Å². The maximum absolute atomic E-state index is 11.3. The van der Waals surface area contributed by atoms with Crippen molar-refractivity contribution in [3.05, 3.63) is 17.7 Å². The Labute approximate surface area is 106 Å². The first kappa shape index (κ1) is 11.7. The summed E-state index contributed by atoms with van der Waals surface area (Å²) in [4.78, 5) is 17.9. The molecule has 0 aromatic carbocycles. The van der Waals surface area contributed by atoms with Gasteiger partial charge in [-0.25, -0.2) is 4.98 Å². The Morgan fingerprint density at radius 3 is 2.89 bits per heavy atom. The van der Waals surface area contributed by atoms with Crippen molar-refractivity contribution in [2.75, 3.05) is 19.8 Å². The van der Waals surface area contributed by atoms with Gasteiger partial charge in [0, 0.05) is 38.9 Å². The lowest BCUT2D eigenvalue weighted by Gasteiger charge is -2.37. The van der Waals surface area contributed by atoms with E-state index in [0.717, 1.165) is 51.4 Å². The van der Waals surface area contributed by atoms with Crippen LogP contribution in [0.2, 0.25) is 0 Å². The second-order valence-corrected chi connectivity index (χ2v) is 4.91. The van der Waals surface area contributed by atoms with E-state index in [-0.39, 0.29) is 0 Å². The van der Waals surface area contributed by atoms with Crippen molar-refractivity contribution >= 4 is 5.91 Å². The number of carbonyl (C=O) groups excluding carboxylic acids is 1. The average Bonchev–Trinajstić information content (AvgIpc) is 2.82. The molecule has 6 heteroatoms. The standard InChI is InChI=1S/C12H18N4O2/c13-12(17)11-10-7-15(3-4-16(10)8-14-11)9-1-5-18-6-2-9/h8-9H,1-7H2,(H2,13,17). The molecule has 1 fully saturated rings. The Balaban J connectivity index is 1.78. The molecule has 0 bridgehead atoms. The Hall–Kier alpha value is -1.40. The molecule has 2 aliphatic rings. The summed E-state index contributed by atoms with van der Waals surface area (Å²) >= 11 is 0. The van der Waals surface area contributed by atoms with Gasteiger partial charge >= 0.3 is 0 Å². The lowest BCUT2D eigenvalue weighted by molar-refractivity contribution is 0.0241.